The van der Waals surface area contributed by atoms with Crippen LogP contribution in [0.2, 0.25) is 0 Å². The van der Waals surface area contributed by atoms with E-state index in [0.29, 0.717) is 19.3 Å². The zero-order valence-corrected chi connectivity index (χ0v) is 26.5. The van der Waals surface area contributed by atoms with E-state index in [9.17, 15) is 22.8 Å². The summed E-state index contributed by atoms with van der Waals surface area (Å²) < 4.78 is 30.9. The molecule has 43 heavy (non-hydrogen) atoms. The van der Waals surface area contributed by atoms with Crippen molar-refractivity contribution in [2.24, 2.45) is 11.8 Å². The minimum Gasteiger partial charge on any atom is -0.445 e. The smallest absolute Gasteiger partial charge is 0.408 e. The van der Waals surface area contributed by atoms with Crippen LogP contribution in [-0.4, -0.2) is 44.5 Å². The molecule has 0 aliphatic heterocycles. The summed E-state index contributed by atoms with van der Waals surface area (Å²) in [7, 11) is -3.73. The lowest BCUT2D eigenvalue weighted by atomic mass is 9.99. The first-order valence-electron chi connectivity index (χ1n) is 14.5. The van der Waals surface area contributed by atoms with Crippen LogP contribution in [0.5, 0.6) is 0 Å². The van der Waals surface area contributed by atoms with E-state index in [2.05, 4.69) is 22.5 Å². The Morgan fingerprint density at radius 1 is 0.814 bits per heavy atom. The topological polar surface area (TPSA) is 131 Å². The second-order valence-corrected chi connectivity index (χ2v) is 13.4. The van der Waals surface area contributed by atoms with Gasteiger partial charge in [0.05, 0.1) is 10.9 Å². The fourth-order valence-corrected chi connectivity index (χ4v) is 5.39. The number of hydrogen-bond acceptors (Lipinski definition) is 6. The summed E-state index contributed by atoms with van der Waals surface area (Å²) in [6.07, 6.45) is 1.66. The zero-order valence-electron chi connectivity index (χ0n) is 25.7. The third-order valence-corrected chi connectivity index (χ3v) is 7.77. The molecule has 0 bridgehead atoms. The van der Waals surface area contributed by atoms with Crippen molar-refractivity contribution in [3.8, 4) is 0 Å². The summed E-state index contributed by atoms with van der Waals surface area (Å²) in [6, 6.07) is 14.7. The Kier molecular flexibility index (Phi) is 14.2. The Hall–Kier alpha value is -3.92. The van der Waals surface area contributed by atoms with Crippen LogP contribution < -0.4 is 16.0 Å². The molecule has 0 heterocycles. The van der Waals surface area contributed by atoms with E-state index >= 15 is 0 Å². The number of hydrogen-bond donors (Lipinski definition) is 3. The van der Waals surface area contributed by atoms with Gasteiger partial charge < -0.3 is 20.7 Å². The van der Waals surface area contributed by atoms with Crippen LogP contribution in [0.15, 0.2) is 89.2 Å². The van der Waals surface area contributed by atoms with Gasteiger partial charge >= 0.3 is 6.09 Å². The maximum absolute atomic E-state index is 13.5. The van der Waals surface area contributed by atoms with Crippen molar-refractivity contribution in [1.29, 1.82) is 0 Å². The molecule has 234 valence electrons. The molecule has 3 amide bonds. The van der Waals surface area contributed by atoms with Gasteiger partial charge in [0.2, 0.25) is 11.8 Å². The number of amides is 3. The fraction of sp³-hybridized carbons (Fsp3) is 0.424. The number of carbonyl (C=O) groups is 3. The largest absolute Gasteiger partial charge is 0.445 e. The number of benzene rings is 2. The lowest BCUT2D eigenvalue weighted by molar-refractivity contribution is -0.130. The van der Waals surface area contributed by atoms with Gasteiger partial charge in [0.25, 0.3) is 0 Å². The maximum Gasteiger partial charge on any atom is 0.408 e. The third-order valence-electron chi connectivity index (χ3n) is 6.33. The molecule has 0 fully saturated rings. The van der Waals surface area contributed by atoms with Crippen molar-refractivity contribution in [1.82, 2.24) is 16.0 Å². The second kappa shape index (κ2) is 17.3. The Bertz CT molecular complexity index is 1340. The van der Waals surface area contributed by atoms with E-state index < -0.39 is 45.9 Å². The Balaban J connectivity index is 2.16. The molecule has 0 aliphatic rings. The number of sulfone groups is 1. The summed E-state index contributed by atoms with van der Waals surface area (Å²) in [5, 5.41) is 9.39. The number of ether oxygens (including phenoxy) is 1. The van der Waals surface area contributed by atoms with Gasteiger partial charge in [-0.05, 0) is 55.7 Å². The summed E-state index contributed by atoms with van der Waals surface area (Å²) in [5.74, 6) is -0.856. The molecular weight excluding hydrogens is 566 g/mol. The molecule has 0 saturated carbocycles. The van der Waals surface area contributed by atoms with E-state index in [1.54, 1.807) is 25.1 Å². The molecule has 0 aromatic heterocycles. The number of nitrogens with one attached hydrogen (secondary N) is 3. The molecule has 10 heteroatoms. The predicted molar refractivity (Wildman–Crippen MR) is 169 cm³/mol. The van der Waals surface area contributed by atoms with Crippen molar-refractivity contribution < 1.29 is 27.5 Å². The first-order valence-corrected chi connectivity index (χ1v) is 16.0. The molecule has 2 rings (SSSR count). The maximum atomic E-state index is 13.5. The molecule has 3 atom stereocenters. The molecule has 0 unspecified atom stereocenters. The van der Waals surface area contributed by atoms with Crippen molar-refractivity contribution in [2.45, 2.75) is 83.5 Å². The van der Waals surface area contributed by atoms with Gasteiger partial charge in [-0.2, -0.15) is 0 Å². The Labute approximate surface area is 256 Å². The molecule has 0 saturated heterocycles. The minimum absolute atomic E-state index is 0.0528. The van der Waals surface area contributed by atoms with Crippen LogP contribution in [0, 0.1) is 11.8 Å². The SMILES string of the molecule is C=C(C)C[C@@H](/C=C/S(=O)(=O)c1ccccc1)NC(=O)[C@H](CC(C)C)NC(=O)[C@H](CC(C)C)NC(=O)OCc1ccccc1. The number of alkyl carbamates (subject to hydrolysis) is 1. The minimum atomic E-state index is -3.73. The molecule has 2 aromatic carbocycles. The first kappa shape index (κ1) is 35.3. The van der Waals surface area contributed by atoms with Crippen LogP contribution in [0.1, 0.15) is 59.4 Å². The molecule has 0 aliphatic carbocycles. The van der Waals surface area contributed by atoms with Gasteiger partial charge in [0.1, 0.15) is 18.7 Å². The number of rotatable bonds is 16. The van der Waals surface area contributed by atoms with Crippen LogP contribution in [0.3, 0.4) is 0 Å². The molecule has 9 nitrogen and oxygen atoms in total. The van der Waals surface area contributed by atoms with E-state index in [0.717, 1.165) is 16.5 Å². The van der Waals surface area contributed by atoms with E-state index in [4.69, 9.17) is 4.74 Å². The average Bonchev–Trinajstić information content (AvgIpc) is 2.94. The van der Waals surface area contributed by atoms with Crippen molar-refractivity contribution in [2.75, 3.05) is 0 Å². The van der Waals surface area contributed by atoms with Crippen LogP contribution in [0.4, 0.5) is 4.79 Å². The zero-order chi connectivity index (χ0) is 32.0. The van der Waals surface area contributed by atoms with Gasteiger partial charge in [0.15, 0.2) is 9.84 Å². The van der Waals surface area contributed by atoms with Gasteiger partial charge in [-0.3, -0.25) is 9.59 Å². The van der Waals surface area contributed by atoms with Crippen LogP contribution in [0.25, 0.3) is 0 Å². The quantitative estimate of drug-likeness (QED) is 0.221. The van der Waals surface area contributed by atoms with E-state index in [-0.39, 0.29) is 23.3 Å². The van der Waals surface area contributed by atoms with Gasteiger partial charge in [-0.1, -0.05) is 87.9 Å². The van der Waals surface area contributed by atoms with Gasteiger partial charge in [-0.25, -0.2) is 13.2 Å². The third kappa shape index (κ3) is 13.3. The average molecular weight is 612 g/mol. The lowest BCUT2D eigenvalue weighted by Gasteiger charge is -2.26. The highest BCUT2D eigenvalue weighted by molar-refractivity contribution is 7.94. The predicted octanol–water partition coefficient (Wildman–Crippen LogP) is 5.30. The summed E-state index contributed by atoms with van der Waals surface area (Å²) in [5.41, 5.74) is 1.55. The normalized spacial score (nSPS) is 13.7. The highest BCUT2D eigenvalue weighted by atomic mass is 32.2. The summed E-state index contributed by atoms with van der Waals surface area (Å²) in [6.45, 7) is 13.4. The van der Waals surface area contributed by atoms with E-state index in [1.807, 2.05) is 58.0 Å². The highest BCUT2D eigenvalue weighted by Crippen LogP contribution is 2.14. The molecule has 3 N–H and O–H groups in total. The summed E-state index contributed by atoms with van der Waals surface area (Å²) >= 11 is 0. The van der Waals surface area contributed by atoms with Crippen LogP contribution in [-0.2, 0) is 30.8 Å². The molecule has 0 spiro atoms. The monoisotopic (exact) mass is 611 g/mol. The first-order chi connectivity index (χ1) is 20.3. The van der Waals surface area contributed by atoms with Crippen molar-refractivity contribution in [3.63, 3.8) is 0 Å². The van der Waals surface area contributed by atoms with Crippen molar-refractivity contribution >= 4 is 27.7 Å². The highest BCUT2D eigenvalue weighted by Gasteiger charge is 2.29. The lowest BCUT2D eigenvalue weighted by Crippen LogP contribution is -2.55. The second-order valence-electron chi connectivity index (χ2n) is 11.5. The Morgan fingerprint density at radius 3 is 1.86 bits per heavy atom. The van der Waals surface area contributed by atoms with Crippen LogP contribution >= 0.6 is 0 Å². The molecule has 2 aromatic rings. The standard InChI is InChI=1S/C33H45N3O6S/c1-23(2)19-27(17-18-43(40,41)28-15-11-8-12-16-28)34-31(37)29(20-24(3)4)35-32(38)30(21-25(5)6)36-33(39)42-22-26-13-9-7-10-14-26/h7-18,24-25,27,29-30H,1,19-22H2,2-6H3,(H,34,37)(H,35,38)(H,36,39)/b18-17+/t27-,29+,30+/m1/s1. The number of carbonyl (C=O) groups excluding carboxylic acids is 3. The van der Waals surface area contributed by atoms with Crippen molar-refractivity contribution in [3.05, 3.63) is 89.9 Å². The summed E-state index contributed by atoms with van der Waals surface area (Å²) in [4.78, 5) is 39.6. The molecule has 0 radical (unpaired) electrons. The van der Waals surface area contributed by atoms with Gasteiger partial charge in [-0.15, -0.1) is 6.58 Å². The fourth-order valence-electron chi connectivity index (χ4n) is 4.30. The Morgan fingerprint density at radius 2 is 1.33 bits per heavy atom. The van der Waals surface area contributed by atoms with E-state index in [1.165, 1.54) is 18.2 Å². The molecular formula is C33H45N3O6S. The van der Waals surface area contributed by atoms with Gasteiger partial charge in [0, 0.05) is 5.41 Å².